The van der Waals surface area contributed by atoms with Crippen LogP contribution in [-0.4, -0.2) is 36.0 Å². The zero-order valence-electron chi connectivity index (χ0n) is 14.8. The van der Waals surface area contributed by atoms with Crippen molar-refractivity contribution < 1.29 is 23.9 Å². The Kier molecular flexibility index (Phi) is 5.75. The van der Waals surface area contributed by atoms with E-state index in [-0.39, 0.29) is 18.4 Å². The summed E-state index contributed by atoms with van der Waals surface area (Å²) in [6.07, 6.45) is 3.21. The van der Waals surface area contributed by atoms with Crippen molar-refractivity contribution in [2.45, 2.75) is 63.7 Å². The fourth-order valence-corrected chi connectivity index (χ4v) is 3.24. The Morgan fingerprint density at radius 3 is 2.77 bits per heavy atom. The molecule has 1 heterocycles. The van der Waals surface area contributed by atoms with Crippen LogP contribution < -0.4 is 15.4 Å². The van der Waals surface area contributed by atoms with Crippen LogP contribution >= 0.6 is 0 Å². The third kappa shape index (κ3) is 4.53. The van der Waals surface area contributed by atoms with Crippen molar-refractivity contribution in [3.8, 4) is 5.75 Å². The fourth-order valence-electron chi connectivity index (χ4n) is 3.24. The van der Waals surface area contributed by atoms with Gasteiger partial charge in [-0.3, -0.25) is 14.4 Å². The van der Waals surface area contributed by atoms with E-state index < -0.39 is 24.1 Å². The molecule has 1 saturated carbocycles. The van der Waals surface area contributed by atoms with Gasteiger partial charge in [0.2, 0.25) is 0 Å². The lowest BCUT2D eigenvalue weighted by Gasteiger charge is -2.26. The quantitative estimate of drug-likeness (QED) is 0.785. The monoisotopic (exact) mass is 360 g/mol. The van der Waals surface area contributed by atoms with E-state index in [1.54, 1.807) is 24.3 Å². The van der Waals surface area contributed by atoms with Gasteiger partial charge in [0, 0.05) is 6.04 Å². The van der Waals surface area contributed by atoms with Gasteiger partial charge < -0.3 is 20.1 Å². The summed E-state index contributed by atoms with van der Waals surface area (Å²) >= 11 is 0. The number of ether oxygens (including phenoxy) is 2. The van der Waals surface area contributed by atoms with Crippen molar-refractivity contribution >= 4 is 23.5 Å². The predicted molar refractivity (Wildman–Crippen MR) is 94.7 cm³/mol. The van der Waals surface area contributed by atoms with Crippen LogP contribution in [0.4, 0.5) is 5.69 Å². The summed E-state index contributed by atoms with van der Waals surface area (Å²) in [5.74, 6) is -0.839. The average molecular weight is 360 g/mol. The lowest BCUT2D eigenvalue weighted by atomic mass is 9.95. The first-order valence-corrected chi connectivity index (χ1v) is 9.09. The van der Waals surface area contributed by atoms with Gasteiger partial charge in [-0.05, 0) is 31.9 Å². The molecule has 0 aromatic heterocycles. The molecule has 0 radical (unpaired) electrons. The summed E-state index contributed by atoms with van der Waals surface area (Å²) < 4.78 is 10.7. The van der Waals surface area contributed by atoms with Gasteiger partial charge in [0.15, 0.2) is 12.2 Å². The van der Waals surface area contributed by atoms with Gasteiger partial charge in [-0.1, -0.05) is 31.4 Å². The molecule has 26 heavy (non-hydrogen) atoms. The number of hydrogen-bond acceptors (Lipinski definition) is 5. The summed E-state index contributed by atoms with van der Waals surface area (Å²) in [4.78, 5) is 36.3. The summed E-state index contributed by atoms with van der Waals surface area (Å²) in [5.41, 5.74) is 0.572. The zero-order valence-corrected chi connectivity index (χ0v) is 14.8. The van der Waals surface area contributed by atoms with Gasteiger partial charge in [-0.2, -0.15) is 0 Å². The lowest BCUT2D eigenvalue weighted by molar-refractivity contribution is -0.157. The summed E-state index contributed by atoms with van der Waals surface area (Å²) in [6.45, 7) is 1.53. The van der Waals surface area contributed by atoms with Crippen molar-refractivity contribution in [2.75, 3.05) is 5.32 Å². The highest BCUT2D eigenvalue weighted by Gasteiger charge is 2.31. The predicted octanol–water partition coefficient (Wildman–Crippen LogP) is 2.16. The maximum atomic E-state index is 12.2. The maximum absolute atomic E-state index is 12.2. The van der Waals surface area contributed by atoms with E-state index in [2.05, 4.69) is 10.6 Å². The van der Waals surface area contributed by atoms with Gasteiger partial charge in [0.1, 0.15) is 5.75 Å². The molecule has 1 fully saturated rings. The highest BCUT2D eigenvalue weighted by atomic mass is 16.6. The van der Waals surface area contributed by atoms with Gasteiger partial charge >= 0.3 is 5.97 Å². The van der Waals surface area contributed by atoms with Crippen molar-refractivity contribution in [2.24, 2.45) is 0 Å². The third-order valence-electron chi connectivity index (χ3n) is 4.69. The SMILES string of the molecule is CC(OC(=O)CC1Oc2ccccc2NC1=O)C(=O)NC1CCCCC1. The Bertz CT molecular complexity index is 684. The van der Waals surface area contributed by atoms with Crippen LogP contribution in [0, 0.1) is 0 Å². The number of benzene rings is 1. The average Bonchev–Trinajstić information content (AvgIpc) is 2.63. The van der Waals surface area contributed by atoms with Crippen LogP contribution in [0.25, 0.3) is 0 Å². The first-order valence-electron chi connectivity index (χ1n) is 9.09. The van der Waals surface area contributed by atoms with E-state index in [1.165, 1.54) is 13.3 Å². The minimum atomic E-state index is -0.967. The number of carbonyl (C=O) groups is 3. The smallest absolute Gasteiger partial charge is 0.310 e. The highest BCUT2D eigenvalue weighted by Crippen LogP contribution is 2.29. The molecule has 0 bridgehead atoms. The molecule has 0 saturated heterocycles. The minimum Gasteiger partial charge on any atom is -0.478 e. The van der Waals surface area contributed by atoms with Crippen LogP contribution in [0.1, 0.15) is 45.4 Å². The van der Waals surface area contributed by atoms with Crippen LogP contribution in [-0.2, 0) is 19.1 Å². The lowest BCUT2D eigenvalue weighted by Crippen LogP contribution is -2.44. The summed E-state index contributed by atoms with van der Waals surface area (Å²) in [7, 11) is 0. The number of esters is 1. The van der Waals surface area contributed by atoms with Crippen LogP contribution in [0.15, 0.2) is 24.3 Å². The van der Waals surface area contributed by atoms with Gasteiger partial charge in [-0.15, -0.1) is 0 Å². The fraction of sp³-hybridized carbons (Fsp3) is 0.526. The first kappa shape index (κ1) is 18.2. The molecule has 1 aromatic carbocycles. The molecule has 1 aliphatic heterocycles. The zero-order chi connectivity index (χ0) is 18.5. The standard InChI is InChI=1S/C19H24N2O5/c1-12(18(23)20-13-7-3-2-4-8-13)25-17(22)11-16-19(24)21-14-9-5-6-10-15(14)26-16/h5-6,9-10,12-13,16H,2-4,7-8,11H2,1H3,(H,20,23)(H,21,24). The van der Waals surface area contributed by atoms with Crippen molar-refractivity contribution in [1.29, 1.82) is 0 Å². The normalized spacial score (nSPS) is 21.0. The Labute approximate surface area is 152 Å². The van der Waals surface area contributed by atoms with Gasteiger partial charge in [0.05, 0.1) is 12.1 Å². The first-order chi connectivity index (χ1) is 12.5. The van der Waals surface area contributed by atoms with E-state index in [4.69, 9.17) is 9.47 Å². The summed E-state index contributed by atoms with van der Waals surface area (Å²) in [6, 6.07) is 7.15. The molecule has 2 atom stereocenters. The molecular weight excluding hydrogens is 336 g/mol. The van der Waals surface area contributed by atoms with E-state index in [9.17, 15) is 14.4 Å². The van der Waals surface area contributed by atoms with E-state index in [0.717, 1.165) is 25.7 Å². The Morgan fingerprint density at radius 1 is 1.27 bits per heavy atom. The van der Waals surface area contributed by atoms with E-state index >= 15 is 0 Å². The van der Waals surface area contributed by atoms with Crippen molar-refractivity contribution in [1.82, 2.24) is 5.32 Å². The topological polar surface area (TPSA) is 93.7 Å². The number of para-hydroxylation sites is 2. The van der Waals surface area contributed by atoms with Crippen LogP contribution in [0.2, 0.25) is 0 Å². The van der Waals surface area contributed by atoms with Gasteiger partial charge in [0.25, 0.3) is 11.8 Å². The number of anilines is 1. The second-order valence-corrected chi connectivity index (χ2v) is 6.77. The molecule has 140 valence electrons. The van der Waals surface area contributed by atoms with E-state index in [0.29, 0.717) is 11.4 Å². The molecule has 0 spiro atoms. The number of fused-ring (bicyclic) bond motifs is 1. The number of hydrogen-bond donors (Lipinski definition) is 2. The second kappa shape index (κ2) is 8.21. The largest absolute Gasteiger partial charge is 0.478 e. The van der Waals surface area contributed by atoms with Gasteiger partial charge in [-0.25, -0.2) is 0 Å². The number of amides is 2. The molecule has 2 aliphatic rings. The minimum absolute atomic E-state index is 0.154. The highest BCUT2D eigenvalue weighted by molar-refractivity contribution is 5.99. The number of carbonyl (C=O) groups excluding carboxylic acids is 3. The maximum Gasteiger partial charge on any atom is 0.310 e. The van der Waals surface area contributed by atoms with Crippen molar-refractivity contribution in [3.05, 3.63) is 24.3 Å². The molecule has 3 rings (SSSR count). The second-order valence-electron chi connectivity index (χ2n) is 6.77. The third-order valence-corrected chi connectivity index (χ3v) is 4.69. The molecule has 2 N–H and O–H groups in total. The molecule has 2 amide bonds. The molecular formula is C19H24N2O5. The molecule has 7 heteroatoms. The number of rotatable bonds is 5. The van der Waals surface area contributed by atoms with Crippen molar-refractivity contribution in [3.63, 3.8) is 0 Å². The van der Waals surface area contributed by atoms with Crippen LogP contribution in [0.5, 0.6) is 5.75 Å². The van der Waals surface area contributed by atoms with E-state index in [1.807, 2.05) is 0 Å². The summed E-state index contributed by atoms with van der Waals surface area (Å²) in [5, 5.41) is 5.62. The number of nitrogens with one attached hydrogen (secondary N) is 2. The molecule has 2 unspecified atom stereocenters. The van der Waals surface area contributed by atoms with Crippen LogP contribution in [0.3, 0.4) is 0 Å². The molecule has 7 nitrogen and oxygen atoms in total. The Hall–Kier alpha value is -2.57. The Morgan fingerprint density at radius 2 is 2.00 bits per heavy atom. The molecule has 1 aromatic rings. The molecule has 1 aliphatic carbocycles. The Balaban J connectivity index is 1.48.